The molecule has 0 unspecified atom stereocenters. The van der Waals surface area contributed by atoms with Crippen LogP contribution < -0.4 is 0 Å². The van der Waals surface area contributed by atoms with Gasteiger partial charge in [0.25, 0.3) is 0 Å². The molecule has 2 aromatic carbocycles. The molecule has 0 radical (unpaired) electrons. The van der Waals surface area contributed by atoms with Crippen molar-refractivity contribution in [1.82, 2.24) is 0 Å². The quantitative estimate of drug-likeness (QED) is 0.466. The van der Waals surface area contributed by atoms with Crippen LogP contribution in [0.2, 0.25) is 10.0 Å². The lowest BCUT2D eigenvalue weighted by Gasteiger charge is -2.11. The fourth-order valence-electron chi connectivity index (χ4n) is 1.64. The van der Waals surface area contributed by atoms with E-state index in [0.29, 0.717) is 26.7 Å². The molecule has 0 spiro atoms. The summed E-state index contributed by atoms with van der Waals surface area (Å²) in [4.78, 5) is 12.3. The molecular formula is C14H7Cl5O. The Hall–Kier alpha value is -0.440. The molecule has 0 N–H and O–H groups in total. The lowest BCUT2D eigenvalue weighted by atomic mass is 10.0. The molecule has 0 saturated heterocycles. The Balaban J connectivity index is 2.37. The molecule has 20 heavy (non-hydrogen) atoms. The number of carbonyl (C=O) groups excluding carboxylic acids is 1. The first kappa shape index (κ1) is 15.9. The van der Waals surface area contributed by atoms with Crippen LogP contribution in [0.15, 0.2) is 42.5 Å². The van der Waals surface area contributed by atoms with Gasteiger partial charge < -0.3 is 0 Å². The van der Waals surface area contributed by atoms with Gasteiger partial charge in [-0.05, 0) is 18.2 Å². The van der Waals surface area contributed by atoms with Gasteiger partial charge in [-0.25, -0.2) is 0 Å². The van der Waals surface area contributed by atoms with E-state index in [1.165, 1.54) is 6.07 Å². The lowest BCUT2D eigenvalue weighted by molar-refractivity contribution is 0.103. The van der Waals surface area contributed by atoms with Gasteiger partial charge in [0.05, 0.1) is 5.02 Å². The second-order valence-corrected chi connectivity index (χ2v) is 7.15. The number of carbonyl (C=O) groups is 1. The van der Waals surface area contributed by atoms with Crippen molar-refractivity contribution >= 4 is 63.8 Å². The highest BCUT2D eigenvalue weighted by molar-refractivity contribution is 6.66. The highest BCUT2D eigenvalue weighted by Crippen LogP contribution is 2.38. The normalized spacial score (nSPS) is 11.4. The van der Waals surface area contributed by atoms with Crippen molar-refractivity contribution in [1.29, 1.82) is 0 Å². The first-order chi connectivity index (χ1) is 9.29. The van der Waals surface area contributed by atoms with E-state index in [-0.39, 0.29) is 5.78 Å². The van der Waals surface area contributed by atoms with Gasteiger partial charge in [-0.2, -0.15) is 0 Å². The number of hydrogen-bond acceptors (Lipinski definition) is 1. The van der Waals surface area contributed by atoms with Crippen LogP contribution in [0.5, 0.6) is 0 Å². The summed E-state index contributed by atoms with van der Waals surface area (Å²) in [5.41, 5.74) is 1.25. The van der Waals surface area contributed by atoms with Crippen molar-refractivity contribution in [3.05, 3.63) is 69.2 Å². The molecule has 0 amide bonds. The molecule has 2 rings (SSSR count). The number of benzene rings is 2. The number of hydrogen-bond donors (Lipinski definition) is 0. The Morgan fingerprint density at radius 3 is 2.05 bits per heavy atom. The van der Waals surface area contributed by atoms with Gasteiger partial charge in [0.15, 0.2) is 5.78 Å². The van der Waals surface area contributed by atoms with Crippen LogP contribution in [0.25, 0.3) is 0 Å². The van der Waals surface area contributed by atoms with Gasteiger partial charge in [-0.1, -0.05) is 82.3 Å². The van der Waals surface area contributed by atoms with Gasteiger partial charge in [-0.15, -0.1) is 0 Å². The zero-order valence-corrected chi connectivity index (χ0v) is 13.6. The van der Waals surface area contributed by atoms with E-state index in [1.807, 2.05) is 0 Å². The van der Waals surface area contributed by atoms with E-state index >= 15 is 0 Å². The van der Waals surface area contributed by atoms with E-state index in [1.54, 1.807) is 36.4 Å². The molecule has 0 heterocycles. The van der Waals surface area contributed by atoms with Crippen molar-refractivity contribution in [2.75, 3.05) is 0 Å². The minimum absolute atomic E-state index is 0.242. The average Bonchev–Trinajstić information content (AvgIpc) is 2.40. The van der Waals surface area contributed by atoms with Crippen molar-refractivity contribution in [3.8, 4) is 0 Å². The third-order valence-corrected chi connectivity index (χ3v) is 3.87. The highest BCUT2D eigenvalue weighted by atomic mass is 35.6. The third-order valence-electron chi connectivity index (χ3n) is 2.65. The van der Waals surface area contributed by atoms with Crippen molar-refractivity contribution in [2.24, 2.45) is 0 Å². The van der Waals surface area contributed by atoms with Crippen LogP contribution in [0, 0.1) is 0 Å². The fraction of sp³-hybridized carbons (Fsp3) is 0.0714. The van der Waals surface area contributed by atoms with E-state index in [9.17, 15) is 4.79 Å². The second kappa shape index (κ2) is 6.13. The molecule has 0 fully saturated rings. The predicted molar refractivity (Wildman–Crippen MR) is 85.6 cm³/mol. The standard InChI is InChI=1S/C14H7Cl5O/c15-10-5-6-12(16)11(7-10)13(20)8-1-3-9(4-2-8)14(17,18)19/h1-7H. The SMILES string of the molecule is O=C(c1ccc(C(Cl)(Cl)Cl)cc1)c1cc(Cl)ccc1Cl. The van der Waals surface area contributed by atoms with Crippen LogP contribution in [0.4, 0.5) is 0 Å². The summed E-state index contributed by atoms with van der Waals surface area (Å²) in [6.07, 6.45) is 0. The van der Waals surface area contributed by atoms with Crippen LogP contribution in [0.3, 0.4) is 0 Å². The van der Waals surface area contributed by atoms with Crippen LogP contribution in [-0.4, -0.2) is 5.78 Å². The number of halogens is 5. The van der Waals surface area contributed by atoms with Crippen LogP contribution >= 0.6 is 58.0 Å². The molecule has 104 valence electrons. The zero-order chi connectivity index (χ0) is 14.9. The smallest absolute Gasteiger partial charge is 0.216 e. The summed E-state index contributed by atoms with van der Waals surface area (Å²) >= 11 is 29.2. The van der Waals surface area contributed by atoms with Crippen LogP contribution in [-0.2, 0) is 3.79 Å². The molecule has 1 nitrogen and oxygen atoms in total. The minimum Gasteiger partial charge on any atom is -0.289 e. The maximum atomic E-state index is 12.3. The molecule has 0 saturated carbocycles. The Morgan fingerprint density at radius 2 is 1.50 bits per heavy atom. The Morgan fingerprint density at radius 1 is 0.900 bits per heavy atom. The first-order valence-corrected chi connectivity index (χ1v) is 7.35. The van der Waals surface area contributed by atoms with Gasteiger partial charge in [0, 0.05) is 21.7 Å². The van der Waals surface area contributed by atoms with Crippen LogP contribution in [0.1, 0.15) is 21.5 Å². The van der Waals surface area contributed by atoms with Gasteiger partial charge in [-0.3, -0.25) is 4.79 Å². The molecular weight excluding hydrogens is 361 g/mol. The number of ketones is 1. The molecule has 0 aliphatic carbocycles. The average molecular weight is 368 g/mol. The molecule has 0 aliphatic rings. The topological polar surface area (TPSA) is 17.1 Å². The predicted octanol–water partition coefficient (Wildman–Crippen LogP) is 6.05. The number of alkyl halides is 3. The third kappa shape index (κ3) is 3.60. The maximum Gasteiger partial charge on any atom is 0.216 e. The molecule has 0 atom stereocenters. The Labute approximate surface area is 141 Å². The molecule has 6 heteroatoms. The summed E-state index contributed by atoms with van der Waals surface area (Å²) < 4.78 is -1.52. The molecule has 2 aromatic rings. The minimum atomic E-state index is -1.52. The monoisotopic (exact) mass is 366 g/mol. The van der Waals surface area contributed by atoms with E-state index in [4.69, 9.17) is 58.0 Å². The van der Waals surface area contributed by atoms with Gasteiger partial charge >= 0.3 is 0 Å². The van der Waals surface area contributed by atoms with E-state index in [0.717, 1.165) is 0 Å². The summed E-state index contributed by atoms with van der Waals surface area (Å²) in [5, 5.41) is 0.778. The highest BCUT2D eigenvalue weighted by Gasteiger charge is 2.23. The summed E-state index contributed by atoms with van der Waals surface area (Å²) in [6.45, 7) is 0. The lowest BCUT2D eigenvalue weighted by Crippen LogP contribution is -2.04. The fourth-order valence-corrected chi connectivity index (χ4v) is 2.39. The molecule has 0 bridgehead atoms. The van der Waals surface area contributed by atoms with Crippen molar-refractivity contribution in [2.45, 2.75) is 3.79 Å². The maximum absolute atomic E-state index is 12.3. The van der Waals surface area contributed by atoms with E-state index in [2.05, 4.69) is 0 Å². The van der Waals surface area contributed by atoms with E-state index < -0.39 is 3.79 Å². The Bertz CT molecular complexity index is 644. The Kier molecular flexibility index (Phi) is 4.88. The number of rotatable bonds is 2. The molecule has 0 aliphatic heterocycles. The summed E-state index contributed by atoms with van der Waals surface area (Å²) in [5.74, 6) is -0.242. The van der Waals surface area contributed by atoms with Crippen molar-refractivity contribution < 1.29 is 4.79 Å². The summed E-state index contributed by atoms with van der Waals surface area (Å²) in [6, 6.07) is 11.0. The largest absolute Gasteiger partial charge is 0.289 e. The van der Waals surface area contributed by atoms with Crippen molar-refractivity contribution in [3.63, 3.8) is 0 Å². The van der Waals surface area contributed by atoms with Gasteiger partial charge in [0.1, 0.15) is 0 Å². The zero-order valence-electron chi connectivity index (χ0n) is 9.84. The van der Waals surface area contributed by atoms with Gasteiger partial charge in [0.2, 0.25) is 3.79 Å². The first-order valence-electron chi connectivity index (χ1n) is 5.46. The summed E-state index contributed by atoms with van der Waals surface area (Å²) in [7, 11) is 0. The molecule has 0 aromatic heterocycles. The second-order valence-electron chi connectivity index (χ2n) is 4.03.